The maximum absolute atomic E-state index is 10.3. The molecule has 0 aliphatic rings. The van der Waals surface area contributed by atoms with E-state index in [4.69, 9.17) is 11.6 Å². The molecule has 1 heterocycles. The van der Waals surface area contributed by atoms with Crippen molar-refractivity contribution in [3.63, 3.8) is 0 Å². The fourth-order valence-corrected chi connectivity index (χ4v) is 3.12. The average molecular weight is 365 g/mol. The summed E-state index contributed by atoms with van der Waals surface area (Å²) in [5, 5.41) is 13.0. The van der Waals surface area contributed by atoms with Crippen molar-refractivity contribution in [1.82, 2.24) is 0 Å². The molecule has 1 atom stereocenters. The normalized spacial score (nSPS) is 12.8. The molecule has 1 aromatic carbocycles. The molecule has 1 N–H and O–H groups in total. The summed E-state index contributed by atoms with van der Waals surface area (Å²) in [4.78, 5) is 1.14. The van der Waals surface area contributed by atoms with Crippen LogP contribution in [0.1, 0.15) is 22.1 Å². The van der Waals surface area contributed by atoms with Gasteiger partial charge in [-0.2, -0.15) is 0 Å². The molecule has 4 heteroatoms. The van der Waals surface area contributed by atoms with Crippen LogP contribution < -0.4 is 0 Å². The molecule has 2 aromatic rings. The van der Waals surface area contributed by atoms with Crippen LogP contribution in [0.15, 0.2) is 29.6 Å². The Bertz CT molecular complexity index is 509. The van der Waals surface area contributed by atoms with Crippen LogP contribution in [0, 0.1) is 10.5 Å². The Morgan fingerprint density at radius 3 is 2.69 bits per heavy atom. The molecular formula is C12H10ClIOS. The summed E-state index contributed by atoms with van der Waals surface area (Å²) in [6.45, 7) is 2.01. The first kappa shape index (κ1) is 12.4. The number of aliphatic hydroxyl groups excluding tert-OH is 1. The molecule has 0 radical (unpaired) electrons. The van der Waals surface area contributed by atoms with Gasteiger partial charge >= 0.3 is 0 Å². The van der Waals surface area contributed by atoms with E-state index in [0.29, 0.717) is 5.02 Å². The lowest BCUT2D eigenvalue weighted by molar-refractivity contribution is 0.219. The first-order chi connectivity index (χ1) is 7.59. The van der Waals surface area contributed by atoms with E-state index in [1.165, 1.54) is 0 Å². The standard InChI is InChI=1S/C12H10ClIOS/c1-7-9(4-5-16-7)12(15)10-6-8(13)2-3-11(10)14/h2-6,12,15H,1H3. The summed E-state index contributed by atoms with van der Waals surface area (Å²) < 4.78 is 1.03. The minimum Gasteiger partial charge on any atom is -0.384 e. The Kier molecular flexibility index (Phi) is 3.89. The number of aryl methyl sites for hydroxylation is 1. The van der Waals surface area contributed by atoms with Crippen molar-refractivity contribution < 1.29 is 5.11 Å². The van der Waals surface area contributed by atoms with Crippen molar-refractivity contribution in [3.8, 4) is 0 Å². The third-order valence-electron chi connectivity index (χ3n) is 2.45. The van der Waals surface area contributed by atoms with Gasteiger partial charge in [-0.25, -0.2) is 0 Å². The highest BCUT2D eigenvalue weighted by molar-refractivity contribution is 14.1. The van der Waals surface area contributed by atoms with E-state index < -0.39 is 6.10 Å². The van der Waals surface area contributed by atoms with Gasteiger partial charge in [0.2, 0.25) is 0 Å². The van der Waals surface area contributed by atoms with Gasteiger partial charge in [-0.15, -0.1) is 11.3 Å². The van der Waals surface area contributed by atoms with Crippen LogP contribution in [0.3, 0.4) is 0 Å². The molecule has 1 unspecified atom stereocenters. The topological polar surface area (TPSA) is 20.2 Å². The number of benzene rings is 1. The van der Waals surface area contributed by atoms with Gasteiger partial charge in [0.25, 0.3) is 0 Å². The number of halogens is 2. The first-order valence-electron chi connectivity index (χ1n) is 4.76. The SMILES string of the molecule is Cc1sccc1C(O)c1cc(Cl)ccc1I. The van der Waals surface area contributed by atoms with Gasteiger partial charge in [-0.1, -0.05) is 11.6 Å². The molecule has 84 valence electrons. The van der Waals surface area contributed by atoms with E-state index >= 15 is 0 Å². The van der Waals surface area contributed by atoms with Crippen molar-refractivity contribution in [1.29, 1.82) is 0 Å². The predicted molar refractivity (Wildman–Crippen MR) is 77.3 cm³/mol. The number of hydrogen-bond donors (Lipinski definition) is 1. The molecule has 0 bridgehead atoms. The van der Waals surface area contributed by atoms with Gasteiger partial charge in [0, 0.05) is 13.5 Å². The smallest absolute Gasteiger partial charge is 0.106 e. The van der Waals surface area contributed by atoms with E-state index in [1.54, 1.807) is 11.3 Å². The summed E-state index contributed by atoms with van der Waals surface area (Å²) >= 11 is 9.81. The highest BCUT2D eigenvalue weighted by Crippen LogP contribution is 2.31. The van der Waals surface area contributed by atoms with Crippen LogP contribution in [0.4, 0.5) is 0 Å². The van der Waals surface area contributed by atoms with E-state index in [0.717, 1.165) is 19.6 Å². The van der Waals surface area contributed by atoms with Crippen molar-refractivity contribution >= 4 is 45.5 Å². The summed E-state index contributed by atoms with van der Waals surface area (Å²) in [6, 6.07) is 7.54. The molecular weight excluding hydrogens is 355 g/mol. The molecule has 0 amide bonds. The molecule has 1 aromatic heterocycles. The summed E-state index contributed by atoms with van der Waals surface area (Å²) in [7, 11) is 0. The van der Waals surface area contributed by atoms with Gasteiger partial charge in [-0.05, 0) is 70.3 Å². The van der Waals surface area contributed by atoms with Crippen LogP contribution in [-0.4, -0.2) is 5.11 Å². The minimum absolute atomic E-state index is 0.586. The van der Waals surface area contributed by atoms with Gasteiger partial charge in [0.05, 0.1) is 0 Å². The summed E-state index contributed by atoms with van der Waals surface area (Å²) in [6.07, 6.45) is -0.586. The quantitative estimate of drug-likeness (QED) is 0.783. The van der Waals surface area contributed by atoms with Crippen molar-refractivity contribution in [2.75, 3.05) is 0 Å². The Morgan fingerprint density at radius 2 is 2.06 bits per heavy atom. The molecule has 0 fully saturated rings. The fraction of sp³-hybridized carbons (Fsp3) is 0.167. The molecule has 0 aliphatic carbocycles. The third kappa shape index (κ3) is 2.42. The van der Waals surface area contributed by atoms with Gasteiger partial charge in [0.1, 0.15) is 6.10 Å². The molecule has 0 saturated carbocycles. The number of rotatable bonds is 2. The monoisotopic (exact) mass is 364 g/mol. The van der Waals surface area contributed by atoms with Crippen molar-refractivity contribution in [2.45, 2.75) is 13.0 Å². The van der Waals surface area contributed by atoms with Crippen LogP contribution in [-0.2, 0) is 0 Å². The van der Waals surface area contributed by atoms with Crippen LogP contribution in [0.2, 0.25) is 5.02 Å². The second-order valence-corrected chi connectivity index (χ2v) is 6.22. The van der Waals surface area contributed by atoms with Crippen molar-refractivity contribution in [2.24, 2.45) is 0 Å². The maximum Gasteiger partial charge on any atom is 0.106 e. The van der Waals surface area contributed by atoms with Gasteiger partial charge in [-0.3, -0.25) is 0 Å². The molecule has 1 nitrogen and oxygen atoms in total. The van der Waals surface area contributed by atoms with E-state index in [2.05, 4.69) is 22.6 Å². The molecule has 0 aliphatic heterocycles. The Balaban J connectivity index is 2.45. The number of hydrogen-bond acceptors (Lipinski definition) is 2. The zero-order chi connectivity index (χ0) is 11.7. The second-order valence-electron chi connectivity index (χ2n) is 3.50. The number of aliphatic hydroxyl groups is 1. The Labute approximate surface area is 117 Å². The highest BCUT2D eigenvalue weighted by Gasteiger charge is 2.16. The van der Waals surface area contributed by atoms with Crippen LogP contribution >= 0.6 is 45.5 Å². The predicted octanol–water partition coefficient (Wildman–Crippen LogP) is 4.40. The maximum atomic E-state index is 10.3. The van der Waals surface area contributed by atoms with Crippen molar-refractivity contribution in [3.05, 3.63) is 54.2 Å². The van der Waals surface area contributed by atoms with Crippen LogP contribution in [0.25, 0.3) is 0 Å². The molecule has 0 spiro atoms. The average Bonchev–Trinajstić information content (AvgIpc) is 2.67. The van der Waals surface area contributed by atoms with Gasteiger partial charge < -0.3 is 5.11 Å². The van der Waals surface area contributed by atoms with Gasteiger partial charge in [0.15, 0.2) is 0 Å². The molecule has 0 saturated heterocycles. The third-order valence-corrected chi connectivity index (χ3v) is 4.53. The van der Waals surface area contributed by atoms with E-state index in [-0.39, 0.29) is 0 Å². The van der Waals surface area contributed by atoms with E-state index in [9.17, 15) is 5.11 Å². The Morgan fingerprint density at radius 1 is 1.31 bits per heavy atom. The summed E-state index contributed by atoms with van der Waals surface area (Å²) in [5.41, 5.74) is 1.83. The second kappa shape index (κ2) is 5.04. The number of thiophene rings is 1. The zero-order valence-corrected chi connectivity index (χ0v) is 12.3. The minimum atomic E-state index is -0.586. The van der Waals surface area contributed by atoms with E-state index in [1.807, 2.05) is 36.6 Å². The highest BCUT2D eigenvalue weighted by atomic mass is 127. The zero-order valence-electron chi connectivity index (χ0n) is 8.58. The fourth-order valence-electron chi connectivity index (χ4n) is 1.57. The lowest BCUT2D eigenvalue weighted by Gasteiger charge is -2.13. The largest absolute Gasteiger partial charge is 0.384 e. The lowest BCUT2D eigenvalue weighted by Crippen LogP contribution is -2.02. The summed E-state index contributed by atoms with van der Waals surface area (Å²) in [5.74, 6) is 0. The molecule has 16 heavy (non-hydrogen) atoms. The molecule has 2 rings (SSSR count). The first-order valence-corrected chi connectivity index (χ1v) is 7.10. The van der Waals surface area contributed by atoms with Crippen LogP contribution in [0.5, 0.6) is 0 Å². The Hall–Kier alpha value is -0.100. The lowest BCUT2D eigenvalue weighted by atomic mass is 10.0.